The summed E-state index contributed by atoms with van der Waals surface area (Å²) in [4.78, 5) is 21.1. The van der Waals surface area contributed by atoms with E-state index in [0.717, 1.165) is 22.4 Å². The van der Waals surface area contributed by atoms with Crippen LogP contribution in [0.3, 0.4) is 0 Å². The molecular formula is C21H19N5O3. The predicted octanol–water partition coefficient (Wildman–Crippen LogP) is 3.03. The molecule has 4 aromatic heterocycles. The molecule has 0 unspecified atom stereocenters. The number of aromatic nitrogens is 5. The van der Waals surface area contributed by atoms with Crippen LogP contribution < -0.4 is 10.3 Å². The molecule has 0 aromatic carbocycles. The van der Waals surface area contributed by atoms with E-state index in [1.807, 2.05) is 32.0 Å². The lowest BCUT2D eigenvalue weighted by molar-refractivity contribution is 0.397. The Balaban J connectivity index is 1.64. The summed E-state index contributed by atoms with van der Waals surface area (Å²) >= 11 is 0. The molecule has 0 saturated carbocycles. The predicted molar refractivity (Wildman–Crippen MR) is 107 cm³/mol. The third kappa shape index (κ3) is 3.77. The highest BCUT2D eigenvalue weighted by Crippen LogP contribution is 2.25. The molecule has 0 aliphatic carbocycles. The van der Waals surface area contributed by atoms with E-state index in [0.29, 0.717) is 22.9 Å². The molecule has 0 amide bonds. The maximum Gasteiger partial charge on any atom is 0.267 e. The van der Waals surface area contributed by atoms with E-state index in [1.165, 1.54) is 10.7 Å². The van der Waals surface area contributed by atoms with Crippen LogP contribution in [0.4, 0.5) is 0 Å². The summed E-state index contributed by atoms with van der Waals surface area (Å²) in [6, 6.07) is 8.94. The Kier molecular flexibility index (Phi) is 4.90. The smallest absolute Gasteiger partial charge is 0.267 e. The summed E-state index contributed by atoms with van der Waals surface area (Å²) in [7, 11) is 1.55. The number of ether oxygens (including phenoxy) is 1. The number of aryl methyl sites for hydroxylation is 2. The molecule has 0 aliphatic rings. The molecular weight excluding hydrogens is 370 g/mol. The monoisotopic (exact) mass is 389 g/mol. The van der Waals surface area contributed by atoms with Crippen LogP contribution in [-0.4, -0.2) is 32.0 Å². The average molecular weight is 389 g/mol. The van der Waals surface area contributed by atoms with Gasteiger partial charge in [-0.1, -0.05) is 5.16 Å². The van der Waals surface area contributed by atoms with Crippen LogP contribution in [0, 0.1) is 13.8 Å². The van der Waals surface area contributed by atoms with Crippen LogP contribution in [0.1, 0.15) is 17.0 Å². The molecule has 0 bridgehead atoms. The lowest BCUT2D eigenvalue weighted by atomic mass is 10.1. The van der Waals surface area contributed by atoms with E-state index in [1.54, 1.807) is 31.8 Å². The maximum atomic E-state index is 12.7. The Bertz CT molecular complexity index is 1190. The molecule has 4 aromatic rings. The first-order chi connectivity index (χ1) is 14.0. The van der Waals surface area contributed by atoms with Crippen molar-refractivity contribution in [1.82, 2.24) is 24.9 Å². The zero-order valence-electron chi connectivity index (χ0n) is 16.3. The Morgan fingerprint density at radius 3 is 2.45 bits per heavy atom. The lowest BCUT2D eigenvalue weighted by Crippen LogP contribution is -2.23. The van der Waals surface area contributed by atoms with Crippen molar-refractivity contribution in [2.75, 3.05) is 7.11 Å². The topological polar surface area (TPSA) is 95.9 Å². The standard InChI is InChI=1S/C21H19N5O3/c1-13-4-5-16(10-22-13)21-18(14(2)29-25-21)12-26-20(27)8-17(11-24-26)15-6-7-19(28-3)23-9-15/h4-11H,12H2,1-3H3. The van der Waals surface area contributed by atoms with Crippen LogP contribution >= 0.6 is 0 Å². The van der Waals surface area contributed by atoms with Gasteiger partial charge in [0.1, 0.15) is 11.5 Å². The van der Waals surface area contributed by atoms with E-state index < -0.39 is 0 Å². The third-order valence-electron chi connectivity index (χ3n) is 4.63. The Morgan fingerprint density at radius 1 is 1.00 bits per heavy atom. The van der Waals surface area contributed by atoms with Gasteiger partial charge in [0.2, 0.25) is 5.88 Å². The fraction of sp³-hybridized carbons (Fsp3) is 0.190. The van der Waals surface area contributed by atoms with Gasteiger partial charge in [-0.2, -0.15) is 5.10 Å². The largest absolute Gasteiger partial charge is 0.481 e. The minimum Gasteiger partial charge on any atom is -0.481 e. The molecule has 0 aliphatic heterocycles. The van der Waals surface area contributed by atoms with Crippen molar-refractivity contribution in [3.8, 4) is 28.3 Å². The Labute approximate surface area is 166 Å². The summed E-state index contributed by atoms with van der Waals surface area (Å²) in [5.41, 5.74) is 4.44. The van der Waals surface area contributed by atoms with Crippen molar-refractivity contribution in [3.63, 3.8) is 0 Å². The first-order valence-electron chi connectivity index (χ1n) is 9.01. The van der Waals surface area contributed by atoms with Gasteiger partial charge in [0.25, 0.3) is 5.56 Å². The molecule has 4 rings (SSSR count). The van der Waals surface area contributed by atoms with Crippen molar-refractivity contribution in [2.24, 2.45) is 0 Å². The van der Waals surface area contributed by atoms with Gasteiger partial charge < -0.3 is 9.26 Å². The molecule has 0 saturated heterocycles. The molecule has 4 heterocycles. The second kappa shape index (κ2) is 7.67. The number of hydrogen-bond acceptors (Lipinski definition) is 7. The van der Waals surface area contributed by atoms with Crippen LogP contribution in [0.5, 0.6) is 5.88 Å². The Hall–Kier alpha value is -3.81. The number of methoxy groups -OCH3 is 1. The van der Waals surface area contributed by atoms with Crippen molar-refractivity contribution in [2.45, 2.75) is 20.4 Å². The van der Waals surface area contributed by atoms with Gasteiger partial charge in [0, 0.05) is 52.5 Å². The minimum absolute atomic E-state index is 0.230. The molecule has 0 radical (unpaired) electrons. The quantitative estimate of drug-likeness (QED) is 0.518. The number of rotatable bonds is 5. The van der Waals surface area contributed by atoms with Crippen molar-refractivity contribution >= 4 is 0 Å². The molecule has 0 atom stereocenters. The van der Waals surface area contributed by atoms with E-state index in [2.05, 4.69) is 20.2 Å². The second-order valence-corrected chi connectivity index (χ2v) is 6.58. The van der Waals surface area contributed by atoms with Gasteiger partial charge in [-0.05, 0) is 32.0 Å². The highest BCUT2D eigenvalue weighted by molar-refractivity contribution is 5.63. The highest BCUT2D eigenvalue weighted by Gasteiger charge is 2.17. The van der Waals surface area contributed by atoms with Gasteiger partial charge in [-0.25, -0.2) is 9.67 Å². The van der Waals surface area contributed by atoms with Crippen molar-refractivity contribution in [3.05, 3.63) is 76.3 Å². The first kappa shape index (κ1) is 18.5. The van der Waals surface area contributed by atoms with Crippen molar-refractivity contribution < 1.29 is 9.26 Å². The van der Waals surface area contributed by atoms with Gasteiger partial charge in [-0.15, -0.1) is 0 Å². The van der Waals surface area contributed by atoms with Gasteiger partial charge in [0.05, 0.1) is 19.9 Å². The minimum atomic E-state index is -0.230. The zero-order chi connectivity index (χ0) is 20.4. The fourth-order valence-corrected chi connectivity index (χ4v) is 2.94. The molecule has 29 heavy (non-hydrogen) atoms. The van der Waals surface area contributed by atoms with Crippen LogP contribution in [0.2, 0.25) is 0 Å². The lowest BCUT2D eigenvalue weighted by Gasteiger charge is -2.07. The van der Waals surface area contributed by atoms with E-state index in [9.17, 15) is 4.79 Å². The summed E-state index contributed by atoms with van der Waals surface area (Å²) in [6.45, 7) is 3.98. The second-order valence-electron chi connectivity index (χ2n) is 6.58. The van der Waals surface area contributed by atoms with Crippen molar-refractivity contribution in [1.29, 1.82) is 0 Å². The Morgan fingerprint density at radius 2 is 1.79 bits per heavy atom. The highest BCUT2D eigenvalue weighted by atomic mass is 16.5. The summed E-state index contributed by atoms with van der Waals surface area (Å²) < 4.78 is 11.8. The molecule has 0 spiro atoms. The number of pyridine rings is 2. The molecule has 8 heteroatoms. The summed E-state index contributed by atoms with van der Waals surface area (Å²) in [5, 5.41) is 8.47. The third-order valence-corrected chi connectivity index (χ3v) is 4.63. The molecule has 0 fully saturated rings. The van der Waals surface area contributed by atoms with Gasteiger partial charge >= 0.3 is 0 Å². The maximum absolute atomic E-state index is 12.7. The SMILES string of the molecule is COc1ccc(-c2cnn(Cc3c(-c4ccc(C)nc4)noc3C)c(=O)c2)cn1. The van der Waals surface area contributed by atoms with Gasteiger partial charge in [0.15, 0.2) is 0 Å². The number of nitrogens with zero attached hydrogens (tertiary/aromatic N) is 5. The first-order valence-corrected chi connectivity index (χ1v) is 9.01. The molecule has 0 N–H and O–H groups in total. The normalized spacial score (nSPS) is 10.9. The molecule has 8 nitrogen and oxygen atoms in total. The van der Waals surface area contributed by atoms with E-state index >= 15 is 0 Å². The van der Waals surface area contributed by atoms with Gasteiger partial charge in [-0.3, -0.25) is 9.78 Å². The van der Waals surface area contributed by atoms with Crippen LogP contribution in [0.15, 0.2) is 58.2 Å². The van der Waals surface area contributed by atoms with Crippen LogP contribution in [0.25, 0.3) is 22.4 Å². The van der Waals surface area contributed by atoms with E-state index in [-0.39, 0.29) is 12.1 Å². The fourth-order valence-electron chi connectivity index (χ4n) is 2.94. The average Bonchev–Trinajstić information content (AvgIpc) is 3.10. The summed E-state index contributed by atoms with van der Waals surface area (Å²) in [5.74, 6) is 1.15. The van der Waals surface area contributed by atoms with E-state index in [4.69, 9.17) is 9.26 Å². The number of hydrogen-bond donors (Lipinski definition) is 0. The van der Waals surface area contributed by atoms with Crippen LogP contribution in [-0.2, 0) is 6.54 Å². The summed E-state index contributed by atoms with van der Waals surface area (Å²) in [6.07, 6.45) is 5.03. The molecule has 146 valence electrons. The zero-order valence-corrected chi connectivity index (χ0v) is 16.3.